The molecule has 0 spiro atoms. The van der Waals surface area contributed by atoms with Crippen molar-refractivity contribution in [3.05, 3.63) is 52.0 Å². The van der Waals surface area contributed by atoms with Crippen LogP contribution in [-0.4, -0.2) is 25.1 Å². The van der Waals surface area contributed by atoms with Crippen molar-refractivity contribution in [3.8, 4) is 11.5 Å². The van der Waals surface area contributed by atoms with Gasteiger partial charge in [0.1, 0.15) is 5.01 Å². The van der Waals surface area contributed by atoms with E-state index >= 15 is 0 Å². The van der Waals surface area contributed by atoms with Crippen molar-refractivity contribution in [2.45, 2.75) is 19.9 Å². The third-order valence-electron chi connectivity index (χ3n) is 3.25. The van der Waals surface area contributed by atoms with Crippen LogP contribution >= 0.6 is 11.3 Å². The highest BCUT2D eigenvalue weighted by Gasteiger charge is 2.15. The van der Waals surface area contributed by atoms with Crippen LogP contribution in [0.25, 0.3) is 0 Å². The fourth-order valence-corrected chi connectivity index (χ4v) is 2.93. The fourth-order valence-electron chi connectivity index (χ4n) is 2.22. The SMILES string of the molecule is C=CCc1cc(C(=O)NCc2nc(C)cs2)cc(OC)c1OC. The number of hydrogen-bond acceptors (Lipinski definition) is 5. The van der Waals surface area contributed by atoms with Crippen molar-refractivity contribution in [3.63, 3.8) is 0 Å². The summed E-state index contributed by atoms with van der Waals surface area (Å²) in [6, 6.07) is 3.47. The second-order valence-electron chi connectivity index (χ2n) is 4.93. The number of carbonyl (C=O) groups is 1. The number of carbonyl (C=O) groups excluding carboxylic acids is 1. The molecule has 1 heterocycles. The number of thiazole rings is 1. The van der Waals surface area contributed by atoms with Crippen molar-refractivity contribution in [2.24, 2.45) is 0 Å². The number of aryl methyl sites for hydroxylation is 1. The zero-order valence-corrected chi connectivity index (χ0v) is 14.3. The highest BCUT2D eigenvalue weighted by Crippen LogP contribution is 2.33. The number of amides is 1. The summed E-state index contributed by atoms with van der Waals surface area (Å²) in [5, 5.41) is 5.71. The molecule has 1 N–H and O–H groups in total. The maximum absolute atomic E-state index is 12.4. The van der Waals surface area contributed by atoms with Crippen LogP contribution in [0.4, 0.5) is 0 Å². The van der Waals surface area contributed by atoms with Gasteiger partial charge >= 0.3 is 0 Å². The molecule has 1 aromatic carbocycles. The number of aromatic nitrogens is 1. The van der Waals surface area contributed by atoms with Crippen molar-refractivity contribution >= 4 is 17.2 Å². The molecule has 23 heavy (non-hydrogen) atoms. The normalized spacial score (nSPS) is 10.2. The molecule has 0 fully saturated rings. The predicted molar refractivity (Wildman–Crippen MR) is 91.5 cm³/mol. The molecule has 6 heteroatoms. The summed E-state index contributed by atoms with van der Waals surface area (Å²) in [5.41, 5.74) is 2.34. The van der Waals surface area contributed by atoms with E-state index in [4.69, 9.17) is 9.47 Å². The number of rotatable bonds is 7. The minimum Gasteiger partial charge on any atom is -0.493 e. The Balaban J connectivity index is 2.21. The van der Waals surface area contributed by atoms with Gasteiger partial charge in [0, 0.05) is 22.2 Å². The van der Waals surface area contributed by atoms with Crippen LogP contribution in [-0.2, 0) is 13.0 Å². The molecule has 0 saturated heterocycles. The summed E-state index contributed by atoms with van der Waals surface area (Å²) in [6.45, 7) is 6.07. The highest BCUT2D eigenvalue weighted by atomic mass is 32.1. The molecule has 0 saturated carbocycles. The predicted octanol–water partition coefficient (Wildman–Crippen LogP) is 3.13. The summed E-state index contributed by atoms with van der Waals surface area (Å²) in [7, 11) is 3.13. The average Bonchev–Trinajstić information content (AvgIpc) is 2.97. The van der Waals surface area contributed by atoms with E-state index < -0.39 is 0 Å². The largest absolute Gasteiger partial charge is 0.493 e. The quantitative estimate of drug-likeness (QED) is 0.791. The molecule has 5 nitrogen and oxygen atoms in total. The Morgan fingerprint density at radius 2 is 2.17 bits per heavy atom. The Bertz CT molecular complexity index is 710. The van der Waals surface area contributed by atoms with Crippen LogP contribution in [0.1, 0.15) is 26.6 Å². The Labute approximate surface area is 140 Å². The molecule has 1 aromatic heterocycles. The molecule has 0 aliphatic heterocycles. The number of ether oxygens (including phenoxy) is 2. The van der Waals surface area contributed by atoms with E-state index in [9.17, 15) is 4.79 Å². The van der Waals surface area contributed by atoms with E-state index in [1.807, 2.05) is 12.3 Å². The lowest BCUT2D eigenvalue weighted by Crippen LogP contribution is -2.23. The van der Waals surface area contributed by atoms with Gasteiger partial charge in [0.2, 0.25) is 0 Å². The van der Waals surface area contributed by atoms with Gasteiger partial charge in [0.05, 0.1) is 20.8 Å². The lowest BCUT2D eigenvalue weighted by molar-refractivity contribution is 0.0950. The minimum absolute atomic E-state index is 0.177. The van der Waals surface area contributed by atoms with E-state index in [2.05, 4.69) is 16.9 Å². The third kappa shape index (κ3) is 4.10. The van der Waals surface area contributed by atoms with Crippen LogP contribution in [0.2, 0.25) is 0 Å². The standard InChI is InChI=1S/C17H20N2O3S/c1-5-6-12-7-13(8-14(21-3)16(12)22-4)17(20)18-9-15-19-11(2)10-23-15/h5,7-8,10H,1,6,9H2,2-4H3,(H,18,20). The molecule has 122 valence electrons. The molecule has 0 bridgehead atoms. The van der Waals surface area contributed by atoms with E-state index in [0.29, 0.717) is 30.0 Å². The zero-order valence-electron chi connectivity index (χ0n) is 13.5. The number of nitrogens with one attached hydrogen (secondary N) is 1. The number of hydrogen-bond donors (Lipinski definition) is 1. The van der Waals surface area contributed by atoms with Gasteiger partial charge in [-0.3, -0.25) is 4.79 Å². The van der Waals surface area contributed by atoms with E-state index in [1.165, 1.54) is 11.3 Å². The maximum Gasteiger partial charge on any atom is 0.251 e. The zero-order chi connectivity index (χ0) is 16.8. The first kappa shape index (κ1) is 17.0. The van der Waals surface area contributed by atoms with E-state index in [0.717, 1.165) is 16.3 Å². The second-order valence-corrected chi connectivity index (χ2v) is 5.87. The van der Waals surface area contributed by atoms with Crippen LogP contribution in [0.3, 0.4) is 0 Å². The number of nitrogens with zero attached hydrogens (tertiary/aromatic N) is 1. The van der Waals surface area contributed by atoms with E-state index in [1.54, 1.807) is 32.4 Å². The average molecular weight is 332 g/mol. The van der Waals surface area contributed by atoms with Gasteiger partial charge in [0.15, 0.2) is 11.5 Å². The fraction of sp³-hybridized carbons (Fsp3) is 0.294. The Kier molecular flexibility index (Phi) is 5.76. The lowest BCUT2D eigenvalue weighted by atomic mass is 10.0. The van der Waals surface area contributed by atoms with Gasteiger partial charge < -0.3 is 14.8 Å². The second kappa shape index (κ2) is 7.78. The molecule has 2 rings (SSSR count). The number of methoxy groups -OCH3 is 2. The van der Waals surface area contributed by atoms with Gasteiger partial charge in [-0.15, -0.1) is 17.9 Å². The van der Waals surface area contributed by atoms with Gasteiger partial charge in [-0.25, -0.2) is 4.98 Å². The first-order valence-corrected chi connectivity index (χ1v) is 8.02. The van der Waals surface area contributed by atoms with Crippen molar-refractivity contribution < 1.29 is 14.3 Å². The molecule has 1 amide bonds. The monoisotopic (exact) mass is 332 g/mol. The van der Waals surface area contributed by atoms with Crippen molar-refractivity contribution in [1.82, 2.24) is 10.3 Å². The minimum atomic E-state index is -0.177. The lowest BCUT2D eigenvalue weighted by Gasteiger charge is -2.14. The van der Waals surface area contributed by atoms with Gasteiger partial charge in [-0.05, 0) is 25.5 Å². The first-order chi connectivity index (χ1) is 11.1. The van der Waals surface area contributed by atoms with Crippen LogP contribution in [0.15, 0.2) is 30.2 Å². The summed E-state index contributed by atoms with van der Waals surface area (Å²) in [5.74, 6) is 0.978. The summed E-state index contributed by atoms with van der Waals surface area (Å²) in [4.78, 5) is 16.7. The van der Waals surface area contributed by atoms with Crippen LogP contribution < -0.4 is 14.8 Å². The summed E-state index contributed by atoms with van der Waals surface area (Å²) >= 11 is 1.53. The molecule has 0 radical (unpaired) electrons. The molecule has 0 aliphatic carbocycles. The number of allylic oxidation sites excluding steroid dienone is 1. The molecular weight excluding hydrogens is 312 g/mol. The Morgan fingerprint density at radius 3 is 2.74 bits per heavy atom. The molecule has 0 atom stereocenters. The maximum atomic E-state index is 12.4. The highest BCUT2D eigenvalue weighted by molar-refractivity contribution is 7.09. The first-order valence-electron chi connectivity index (χ1n) is 7.14. The molecule has 0 unspecified atom stereocenters. The van der Waals surface area contributed by atoms with Gasteiger partial charge in [-0.1, -0.05) is 6.08 Å². The van der Waals surface area contributed by atoms with E-state index in [-0.39, 0.29) is 5.91 Å². The smallest absolute Gasteiger partial charge is 0.251 e. The van der Waals surface area contributed by atoms with Crippen molar-refractivity contribution in [1.29, 1.82) is 0 Å². The van der Waals surface area contributed by atoms with Gasteiger partial charge in [0.25, 0.3) is 5.91 Å². The Morgan fingerprint density at radius 1 is 1.39 bits per heavy atom. The van der Waals surface area contributed by atoms with Crippen molar-refractivity contribution in [2.75, 3.05) is 14.2 Å². The summed E-state index contributed by atoms with van der Waals surface area (Å²) in [6.07, 6.45) is 2.35. The van der Waals surface area contributed by atoms with Gasteiger partial charge in [-0.2, -0.15) is 0 Å². The number of benzene rings is 1. The van der Waals surface area contributed by atoms with Crippen LogP contribution in [0.5, 0.6) is 11.5 Å². The van der Waals surface area contributed by atoms with Crippen LogP contribution in [0, 0.1) is 6.92 Å². The Hall–Kier alpha value is -2.34. The third-order valence-corrected chi connectivity index (χ3v) is 4.22. The summed E-state index contributed by atoms with van der Waals surface area (Å²) < 4.78 is 10.7. The molecule has 2 aromatic rings. The topological polar surface area (TPSA) is 60.5 Å². The molecule has 0 aliphatic rings. The molecular formula is C17H20N2O3S.